The van der Waals surface area contributed by atoms with Crippen LogP contribution in [-0.4, -0.2) is 50.1 Å². The van der Waals surface area contributed by atoms with E-state index in [0.29, 0.717) is 25.6 Å². The fourth-order valence-corrected chi connectivity index (χ4v) is 3.44. The molecule has 8 heteroatoms. The molecule has 0 aromatic heterocycles. The van der Waals surface area contributed by atoms with Crippen molar-refractivity contribution in [2.45, 2.75) is 16.9 Å². The van der Waals surface area contributed by atoms with Gasteiger partial charge in [-0.25, -0.2) is 17.2 Å². The van der Waals surface area contributed by atoms with Gasteiger partial charge in [-0.1, -0.05) is 0 Å². The number of benzene rings is 1. The SMILES string of the molecule is CN(CC1(O)CCNC1)S(=O)(=O)c1ccc(F)c(F)c1. The van der Waals surface area contributed by atoms with Gasteiger partial charge in [0.05, 0.1) is 10.5 Å². The Bertz CT molecular complexity index is 601. The zero-order valence-electron chi connectivity index (χ0n) is 10.9. The van der Waals surface area contributed by atoms with Crippen LogP contribution >= 0.6 is 0 Å². The zero-order valence-corrected chi connectivity index (χ0v) is 11.8. The van der Waals surface area contributed by atoms with Gasteiger partial charge in [0.2, 0.25) is 10.0 Å². The van der Waals surface area contributed by atoms with Crippen LogP contribution in [0.25, 0.3) is 0 Å². The molecule has 1 aromatic rings. The van der Waals surface area contributed by atoms with E-state index in [4.69, 9.17) is 0 Å². The van der Waals surface area contributed by atoms with Gasteiger partial charge in [0, 0.05) is 20.1 Å². The molecule has 2 N–H and O–H groups in total. The molecule has 1 saturated heterocycles. The quantitative estimate of drug-likeness (QED) is 0.840. The second kappa shape index (κ2) is 5.36. The highest BCUT2D eigenvalue weighted by Gasteiger charge is 2.36. The van der Waals surface area contributed by atoms with E-state index in [1.165, 1.54) is 7.05 Å². The average Bonchev–Trinajstić information content (AvgIpc) is 2.79. The molecule has 0 saturated carbocycles. The lowest BCUT2D eigenvalue weighted by Gasteiger charge is -2.27. The molecule has 1 aliphatic rings. The van der Waals surface area contributed by atoms with Gasteiger partial charge in [-0.05, 0) is 31.2 Å². The number of β-amino-alcohol motifs (C(OH)–C–C–N with tert-alkyl or cyclic N) is 1. The van der Waals surface area contributed by atoms with Crippen molar-refractivity contribution >= 4 is 10.0 Å². The third-order valence-electron chi connectivity index (χ3n) is 3.34. The molecular formula is C12H16F2N2O3S. The Morgan fingerprint density at radius 2 is 2.10 bits per heavy atom. The van der Waals surface area contributed by atoms with E-state index >= 15 is 0 Å². The molecule has 1 aromatic carbocycles. The lowest BCUT2D eigenvalue weighted by Crippen LogP contribution is -2.45. The van der Waals surface area contributed by atoms with Crippen LogP contribution in [0.4, 0.5) is 8.78 Å². The van der Waals surface area contributed by atoms with Crippen molar-refractivity contribution in [2.75, 3.05) is 26.7 Å². The normalized spacial score (nSPS) is 23.4. The van der Waals surface area contributed by atoms with Crippen LogP contribution in [0.2, 0.25) is 0 Å². The van der Waals surface area contributed by atoms with E-state index in [1.807, 2.05) is 0 Å². The number of rotatable bonds is 4. The zero-order chi connectivity index (χ0) is 15.0. The van der Waals surface area contributed by atoms with Gasteiger partial charge < -0.3 is 10.4 Å². The minimum absolute atomic E-state index is 0.110. The summed E-state index contributed by atoms with van der Waals surface area (Å²) >= 11 is 0. The lowest BCUT2D eigenvalue weighted by atomic mass is 10.0. The first-order chi connectivity index (χ1) is 9.24. The van der Waals surface area contributed by atoms with Crippen LogP contribution in [0.15, 0.2) is 23.1 Å². The first kappa shape index (κ1) is 15.3. The van der Waals surface area contributed by atoms with Crippen LogP contribution in [0, 0.1) is 11.6 Å². The first-order valence-electron chi connectivity index (χ1n) is 6.09. The molecule has 1 heterocycles. The highest BCUT2D eigenvalue weighted by Crippen LogP contribution is 2.21. The van der Waals surface area contributed by atoms with Crippen molar-refractivity contribution in [3.05, 3.63) is 29.8 Å². The van der Waals surface area contributed by atoms with Crippen molar-refractivity contribution in [1.29, 1.82) is 0 Å². The Kier molecular flexibility index (Phi) is 4.10. The van der Waals surface area contributed by atoms with E-state index in [0.717, 1.165) is 16.4 Å². The number of nitrogens with zero attached hydrogens (tertiary/aromatic N) is 1. The van der Waals surface area contributed by atoms with E-state index in [2.05, 4.69) is 5.32 Å². The molecule has 0 amide bonds. The van der Waals surface area contributed by atoms with E-state index in [1.54, 1.807) is 0 Å². The van der Waals surface area contributed by atoms with Gasteiger partial charge in [-0.3, -0.25) is 0 Å². The predicted molar refractivity (Wildman–Crippen MR) is 68.6 cm³/mol. The molecular weight excluding hydrogens is 290 g/mol. The number of sulfonamides is 1. The van der Waals surface area contributed by atoms with Gasteiger partial charge in [-0.2, -0.15) is 4.31 Å². The van der Waals surface area contributed by atoms with E-state index in [9.17, 15) is 22.3 Å². The Labute approximate surface area is 116 Å². The minimum Gasteiger partial charge on any atom is -0.387 e. The van der Waals surface area contributed by atoms with Crippen molar-refractivity contribution in [3.63, 3.8) is 0 Å². The molecule has 20 heavy (non-hydrogen) atoms. The second-order valence-corrected chi connectivity index (χ2v) is 7.03. The van der Waals surface area contributed by atoms with E-state index in [-0.39, 0.29) is 11.4 Å². The van der Waals surface area contributed by atoms with Crippen LogP contribution in [0.5, 0.6) is 0 Å². The maximum Gasteiger partial charge on any atom is 0.243 e. The van der Waals surface area contributed by atoms with Crippen LogP contribution in [0.3, 0.4) is 0 Å². The molecule has 5 nitrogen and oxygen atoms in total. The van der Waals surface area contributed by atoms with Gasteiger partial charge in [-0.15, -0.1) is 0 Å². The van der Waals surface area contributed by atoms with Crippen molar-refractivity contribution in [3.8, 4) is 0 Å². The number of hydrogen-bond donors (Lipinski definition) is 2. The maximum absolute atomic E-state index is 13.1. The van der Waals surface area contributed by atoms with Gasteiger partial charge in [0.15, 0.2) is 11.6 Å². The Balaban J connectivity index is 2.22. The number of likely N-dealkylation sites (N-methyl/N-ethyl adjacent to an activating group) is 1. The largest absolute Gasteiger partial charge is 0.387 e. The summed E-state index contributed by atoms with van der Waals surface area (Å²) in [5, 5.41) is 13.1. The molecule has 0 bridgehead atoms. The molecule has 1 unspecified atom stereocenters. The minimum atomic E-state index is -3.96. The highest BCUT2D eigenvalue weighted by molar-refractivity contribution is 7.89. The standard InChI is InChI=1S/C12H16F2N2O3S/c1-16(8-12(17)4-5-15-7-12)20(18,19)9-2-3-10(13)11(14)6-9/h2-3,6,15,17H,4-5,7-8H2,1H3. The maximum atomic E-state index is 13.1. The molecule has 0 spiro atoms. The third kappa shape index (κ3) is 2.98. The Morgan fingerprint density at radius 3 is 2.65 bits per heavy atom. The van der Waals surface area contributed by atoms with Crippen molar-refractivity contribution in [2.24, 2.45) is 0 Å². The molecule has 112 valence electrons. The van der Waals surface area contributed by atoms with Crippen LogP contribution in [-0.2, 0) is 10.0 Å². The summed E-state index contributed by atoms with van der Waals surface area (Å²) in [6.07, 6.45) is 0.435. The molecule has 1 aliphatic heterocycles. The van der Waals surface area contributed by atoms with Crippen LogP contribution < -0.4 is 5.32 Å². The molecule has 0 radical (unpaired) electrons. The number of halogens is 2. The first-order valence-corrected chi connectivity index (χ1v) is 7.53. The summed E-state index contributed by atoms with van der Waals surface area (Å²) in [4.78, 5) is -0.339. The van der Waals surface area contributed by atoms with Gasteiger partial charge in [0.25, 0.3) is 0 Å². The summed E-state index contributed by atoms with van der Waals surface area (Å²) < 4.78 is 51.4. The predicted octanol–water partition coefficient (Wildman–Crippen LogP) is 0.310. The molecule has 0 aliphatic carbocycles. The average molecular weight is 306 g/mol. The highest BCUT2D eigenvalue weighted by atomic mass is 32.2. The Hall–Kier alpha value is -1.09. The smallest absolute Gasteiger partial charge is 0.243 e. The number of hydrogen-bond acceptors (Lipinski definition) is 4. The van der Waals surface area contributed by atoms with Crippen molar-refractivity contribution < 1.29 is 22.3 Å². The fourth-order valence-electron chi connectivity index (χ4n) is 2.18. The number of nitrogens with one attached hydrogen (secondary N) is 1. The molecule has 1 fully saturated rings. The van der Waals surface area contributed by atoms with Gasteiger partial charge in [0.1, 0.15) is 0 Å². The van der Waals surface area contributed by atoms with Crippen LogP contribution in [0.1, 0.15) is 6.42 Å². The van der Waals surface area contributed by atoms with Gasteiger partial charge >= 0.3 is 0 Å². The summed E-state index contributed by atoms with van der Waals surface area (Å²) in [6.45, 7) is 0.793. The lowest BCUT2D eigenvalue weighted by molar-refractivity contribution is 0.0462. The van der Waals surface area contributed by atoms with E-state index < -0.39 is 27.3 Å². The third-order valence-corrected chi connectivity index (χ3v) is 5.14. The Morgan fingerprint density at radius 1 is 1.40 bits per heavy atom. The summed E-state index contributed by atoms with van der Waals surface area (Å²) in [5.41, 5.74) is -1.14. The second-order valence-electron chi connectivity index (χ2n) is 4.99. The molecule has 1 atom stereocenters. The molecule has 2 rings (SSSR count). The summed E-state index contributed by atoms with van der Waals surface area (Å²) in [7, 11) is -2.67. The topological polar surface area (TPSA) is 69.6 Å². The number of aliphatic hydroxyl groups is 1. The summed E-state index contributed by atoms with van der Waals surface area (Å²) in [6, 6.07) is 2.40. The fraction of sp³-hybridized carbons (Fsp3) is 0.500. The van der Waals surface area contributed by atoms with Crippen molar-refractivity contribution in [1.82, 2.24) is 9.62 Å². The monoisotopic (exact) mass is 306 g/mol. The summed E-state index contributed by atoms with van der Waals surface area (Å²) in [5.74, 6) is -2.33.